The summed E-state index contributed by atoms with van der Waals surface area (Å²) in [4.78, 5) is 16.9. The number of hydrogen-bond donors (Lipinski definition) is 1. The fourth-order valence-electron chi connectivity index (χ4n) is 2.23. The number of rotatable bonds is 3. The molecule has 6 nitrogen and oxygen atoms in total. The maximum Gasteiger partial charge on any atom is 0.267 e. The number of hydrogen-bond acceptors (Lipinski definition) is 6. The minimum atomic E-state index is -0.690. The number of aromatic nitrogens is 2. The molecule has 0 spiro atoms. The van der Waals surface area contributed by atoms with Gasteiger partial charge in [-0.15, -0.1) is 5.10 Å². The lowest BCUT2D eigenvalue weighted by molar-refractivity contribution is 0.0179. The third kappa shape index (κ3) is 3.71. The van der Waals surface area contributed by atoms with Gasteiger partial charge in [-0.2, -0.15) is 0 Å². The van der Waals surface area contributed by atoms with Crippen LogP contribution in [0.15, 0.2) is 0 Å². The monoisotopic (exact) mass is 284 g/mol. The Morgan fingerprint density at radius 3 is 2.47 bits per heavy atom. The Hall–Kier alpha value is -1.05. The molecule has 106 valence electrons. The van der Waals surface area contributed by atoms with Crippen molar-refractivity contribution in [2.75, 3.05) is 32.7 Å². The summed E-state index contributed by atoms with van der Waals surface area (Å²) in [7, 11) is 0. The zero-order chi connectivity index (χ0) is 14.0. The summed E-state index contributed by atoms with van der Waals surface area (Å²) in [6.45, 7) is 9.01. The zero-order valence-corrected chi connectivity index (χ0v) is 12.4. The molecule has 1 saturated heterocycles. The standard InChI is InChI=1S/C12H20N4O2S/c1-9-10(19-14-13-9)11(17)16-6-4-15(5-7-16)8-12(2,3)18/h18H,4-8H2,1-3H3. The maximum absolute atomic E-state index is 12.3. The van der Waals surface area contributed by atoms with Crippen LogP contribution in [0.25, 0.3) is 0 Å². The lowest BCUT2D eigenvalue weighted by Crippen LogP contribution is -2.51. The molecule has 1 N–H and O–H groups in total. The maximum atomic E-state index is 12.3. The zero-order valence-electron chi connectivity index (χ0n) is 11.6. The minimum absolute atomic E-state index is 0.0235. The highest BCUT2D eigenvalue weighted by Crippen LogP contribution is 2.15. The normalized spacial score (nSPS) is 17.8. The SMILES string of the molecule is Cc1nnsc1C(=O)N1CCN(CC(C)(C)O)CC1. The van der Waals surface area contributed by atoms with Gasteiger partial charge in [-0.3, -0.25) is 9.69 Å². The predicted octanol–water partition coefficient (Wildman–Crippen LogP) is 0.375. The molecule has 0 bridgehead atoms. The number of nitrogens with zero attached hydrogens (tertiary/aromatic N) is 4. The van der Waals surface area contributed by atoms with Gasteiger partial charge in [0.25, 0.3) is 5.91 Å². The largest absolute Gasteiger partial charge is 0.389 e. The summed E-state index contributed by atoms with van der Waals surface area (Å²) < 4.78 is 3.80. The summed E-state index contributed by atoms with van der Waals surface area (Å²) in [6, 6.07) is 0. The molecule has 1 amide bonds. The Balaban J connectivity index is 1.90. The fraction of sp³-hybridized carbons (Fsp3) is 0.750. The van der Waals surface area contributed by atoms with Crippen molar-refractivity contribution in [2.45, 2.75) is 26.4 Å². The summed E-state index contributed by atoms with van der Waals surface area (Å²) in [5.41, 5.74) is 0.0126. The molecule has 1 aromatic heterocycles. The second-order valence-electron chi connectivity index (χ2n) is 5.57. The molecule has 19 heavy (non-hydrogen) atoms. The highest BCUT2D eigenvalue weighted by Gasteiger charge is 2.27. The molecule has 1 aliphatic rings. The molecule has 0 aliphatic carbocycles. The first-order valence-electron chi connectivity index (χ1n) is 6.40. The van der Waals surface area contributed by atoms with Crippen LogP contribution in [-0.4, -0.2) is 68.7 Å². The first kappa shape index (κ1) is 14.4. The second-order valence-corrected chi connectivity index (χ2v) is 6.32. The van der Waals surface area contributed by atoms with Gasteiger partial charge in [-0.05, 0) is 32.3 Å². The number of aliphatic hydroxyl groups is 1. The number of piperazine rings is 1. The van der Waals surface area contributed by atoms with Gasteiger partial charge in [0.2, 0.25) is 0 Å². The third-order valence-electron chi connectivity index (χ3n) is 3.12. The van der Waals surface area contributed by atoms with Gasteiger partial charge < -0.3 is 10.0 Å². The molecule has 0 saturated carbocycles. The number of aryl methyl sites for hydroxylation is 1. The van der Waals surface area contributed by atoms with Gasteiger partial charge in [-0.1, -0.05) is 4.49 Å². The number of β-amino-alcohol motifs (C(OH)–C–C–N with tert-alkyl or cyclic N) is 1. The van der Waals surface area contributed by atoms with E-state index in [1.807, 2.05) is 4.90 Å². The minimum Gasteiger partial charge on any atom is -0.389 e. The molecule has 1 aliphatic heterocycles. The van der Waals surface area contributed by atoms with E-state index in [2.05, 4.69) is 14.5 Å². The molecule has 1 aromatic rings. The molecular weight excluding hydrogens is 264 g/mol. The summed E-state index contributed by atoms with van der Waals surface area (Å²) in [5, 5.41) is 13.7. The van der Waals surface area contributed by atoms with Crippen molar-refractivity contribution in [1.82, 2.24) is 19.4 Å². The Kier molecular flexibility index (Phi) is 4.17. The quantitative estimate of drug-likeness (QED) is 0.869. The highest BCUT2D eigenvalue weighted by atomic mass is 32.1. The first-order valence-corrected chi connectivity index (χ1v) is 7.17. The predicted molar refractivity (Wildman–Crippen MR) is 73.3 cm³/mol. The van der Waals surface area contributed by atoms with Crippen LogP contribution in [0.3, 0.4) is 0 Å². The van der Waals surface area contributed by atoms with E-state index in [1.165, 1.54) is 0 Å². The van der Waals surface area contributed by atoms with Gasteiger partial charge in [-0.25, -0.2) is 0 Å². The molecule has 7 heteroatoms. The summed E-state index contributed by atoms with van der Waals surface area (Å²) >= 11 is 1.16. The Morgan fingerprint density at radius 1 is 1.37 bits per heavy atom. The fourth-order valence-corrected chi connectivity index (χ4v) is 2.85. The van der Waals surface area contributed by atoms with Crippen LogP contribution in [-0.2, 0) is 0 Å². The van der Waals surface area contributed by atoms with E-state index in [0.29, 0.717) is 30.2 Å². The molecule has 0 unspecified atom stereocenters. The molecule has 0 radical (unpaired) electrons. The van der Waals surface area contributed by atoms with E-state index in [9.17, 15) is 9.90 Å². The van der Waals surface area contributed by atoms with Crippen molar-refractivity contribution in [3.63, 3.8) is 0 Å². The molecule has 2 heterocycles. The number of carbonyl (C=O) groups is 1. The van der Waals surface area contributed by atoms with Crippen molar-refractivity contribution in [2.24, 2.45) is 0 Å². The Bertz CT molecular complexity index is 447. The first-order chi connectivity index (χ1) is 8.87. The van der Waals surface area contributed by atoms with E-state index < -0.39 is 5.60 Å². The van der Waals surface area contributed by atoms with E-state index >= 15 is 0 Å². The average Bonchev–Trinajstić information content (AvgIpc) is 2.73. The van der Waals surface area contributed by atoms with Gasteiger partial charge in [0, 0.05) is 32.7 Å². The second kappa shape index (κ2) is 5.52. The lowest BCUT2D eigenvalue weighted by Gasteiger charge is -2.37. The van der Waals surface area contributed by atoms with E-state index in [0.717, 1.165) is 24.6 Å². The van der Waals surface area contributed by atoms with Crippen LogP contribution < -0.4 is 0 Å². The van der Waals surface area contributed by atoms with Crippen molar-refractivity contribution < 1.29 is 9.90 Å². The number of amides is 1. The van der Waals surface area contributed by atoms with Crippen LogP contribution >= 0.6 is 11.5 Å². The molecule has 1 fully saturated rings. The van der Waals surface area contributed by atoms with Crippen molar-refractivity contribution in [1.29, 1.82) is 0 Å². The van der Waals surface area contributed by atoms with E-state index in [1.54, 1.807) is 20.8 Å². The van der Waals surface area contributed by atoms with Crippen molar-refractivity contribution >= 4 is 17.4 Å². The molecule has 2 rings (SSSR count). The van der Waals surface area contributed by atoms with Gasteiger partial charge in [0.15, 0.2) is 0 Å². The highest BCUT2D eigenvalue weighted by molar-refractivity contribution is 7.07. The molecule has 0 aromatic carbocycles. The summed E-state index contributed by atoms with van der Waals surface area (Å²) in [5.74, 6) is 0.0235. The van der Waals surface area contributed by atoms with Gasteiger partial charge >= 0.3 is 0 Å². The van der Waals surface area contributed by atoms with Crippen LogP contribution in [0, 0.1) is 6.92 Å². The van der Waals surface area contributed by atoms with Crippen LogP contribution in [0.5, 0.6) is 0 Å². The van der Waals surface area contributed by atoms with Crippen molar-refractivity contribution in [3.8, 4) is 0 Å². The van der Waals surface area contributed by atoms with E-state index in [-0.39, 0.29) is 5.91 Å². The molecular formula is C12H20N4O2S. The van der Waals surface area contributed by atoms with Gasteiger partial charge in [0.05, 0.1) is 11.3 Å². The van der Waals surface area contributed by atoms with Crippen LogP contribution in [0.1, 0.15) is 29.2 Å². The lowest BCUT2D eigenvalue weighted by atomic mass is 10.1. The molecule has 0 atom stereocenters. The smallest absolute Gasteiger partial charge is 0.267 e. The Labute approximate surface area is 117 Å². The van der Waals surface area contributed by atoms with Crippen LogP contribution in [0.2, 0.25) is 0 Å². The Morgan fingerprint density at radius 2 is 2.00 bits per heavy atom. The number of carbonyl (C=O) groups excluding carboxylic acids is 1. The van der Waals surface area contributed by atoms with Crippen LogP contribution in [0.4, 0.5) is 0 Å². The average molecular weight is 284 g/mol. The summed E-state index contributed by atoms with van der Waals surface area (Å²) in [6.07, 6.45) is 0. The van der Waals surface area contributed by atoms with E-state index in [4.69, 9.17) is 0 Å². The van der Waals surface area contributed by atoms with Gasteiger partial charge in [0.1, 0.15) is 4.88 Å². The third-order valence-corrected chi connectivity index (χ3v) is 3.93. The topological polar surface area (TPSA) is 69.6 Å². The van der Waals surface area contributed by atoms with Crippen molar-refractivity contribution in [3.05, 3.63) is 10.6 Å².